The minimum Gasteiger partial charge on any atom is -0.387 e. The largest absolute Gasteiger partial charge is 0.472 e. The van der Waals surface area contributed by atoms with E-state index in [1.807, 2.05) is 19.1 Å². The first kappa shape index (κ1) is 47.7. The van der Waals surface area contributed by atoms with Gasteiger partial charge in [-0.3, -0.25) is 13.8 Å². The third-order valence-corrected chi connectivity index (χ3v) is 9.78. The van der Waals surface area contributed by atoms with E-state index in [4.69, 9.17) is 14.8 Å². The molecule has 0 radical (unpaired) electrons. The number of phosphoric ester groups is 1. The SMILES string of the molecule is C/C=C/CC/C=C/CC/C=C/C(O)C(COP(=O)(O)OCCN)NC(=O)CCCCCCCCCCCCCCCCCCCCCCC. The molecule has 0 aromatic carbocycles. The lowest BCUT2D eigenvalue weighted by molar-refractivity contribution is -0.123. The van der Waals surface area contributed by atoms with Gasteiger partial charge in [0.2, 0.25) is 5.91 Å². The molecule has 0 fully saturated rings. The number of unbranched alkanes of at least 4 members (excludes halogenated alkanes) is 22. The van der Waals surface area contributed by atoms with Crippen LogP contribution < -0.4 is 11.1 Å². The summed E-state index contributed by atoms with van der Waals surface area (Å²) in [5, 5.41) is 13.5. The molecule has 9 heteroatoms. The summed E-state index contributed by atoms with van der Waals surface area (Å²) < 4.78 is 22.0. The van der Waals surface area contributed by atoms with Gasteiger partial charge in [-0.25, -0.2) is 4.57 Å². The van der Waals surface area contributed by atoms with Crippen LogP contribution in [0.3, 0.4) is 0 Å². The molecule has 3 atom stereocenters. The van der Waals surface area contributed by atoms with Crippen LogP contribution in [0, 0.1) is 0 Å². The van der Waals surface area contributed by atoms with E-state index in [1.165, 1.54) is 116 Å². The van der Waals surface area contributed by atoms with Gasteiger partial charge < -0.3 is 21.1 Å². The third kappa shape index (κ3) is 34.9. The number of nitrogens with one attached hydrogen (secondary N) is 1. The van der Waals surface area contributed by atoms with Crippen molar-refractivity contribution in [2.45, 2.75) is 193 Å². The first-order chi connectivity index (χ1) is 23.9. The second-order valence-electron chi connectivity index (χ2n) is 13.5. The van der Waals surface area contributed by atoms with Gasteiger partial charge >= 0.3 is 7.82 Å². The zero-order valence-corrected chi connectivity index (χ0v) is 32.6. The van der Waals surface area contributed by atoms with E-state index >= 15 is 0 Å². The highest BCUT2D eigenvalue weighted by Gasteiger charge is 2.26. The van der Waals surface area contributed by atoms with Crippen LogP contribution in [-0.4, -0.2) is 47.8 Å². The van der Waals surface area contributed by atoms with Gasteiger partial charge in [-0.05, 0) is 39.0 Å². The molecule has 8 nitrogen and oxygen atoms in total. The summed E-state index contributed by atoms with van der Waals surface area (Å²) in [4.78, 5) is 22.6. The maximum atomic E-state index is 12.7. The second-order valence-corrected chi connectivity index (χ2v) is 14.9. The lowest BCUT2D eigenvalue weighted by atomic mass is 10.0. The number of aliphatic hydroxyl groups excluding tert-OH is 1. The van der Waals surface area contributed by atoms with Gasteiger partial charge in [0.05, 0.1) is 25.4 Å². The standard InChI is InChI=1S/C40H77N2O6P/c1-3-5-7-9-11-13-14-15-16-17-18-19-20-21-22-23-24-26-28-30-32-34-40(44)42-38(37-48-49(45,46)47-36-35-41)39(43)33-31-29-27-25-12-10-8-6-4-2/h4,6,12,25,31,33,38-39,43H,3,5,7-11,13-24,26-30,32,34-37,41H2,1-2H3,(H,42,44)(H,45,46)/b6-4+,25-12+,33-31+. The Morgan fingerprint density at radius 3 is 1.57 bits per heavy atom. The maximum Gasteiger partial charge on any atom is 0.472 e. The van der Waals surface area contributed by atoms with Gasteiger partial charge in [0.1, 0.15) is 0 Å². The number of phosphoric acid groups is 1. The predicted octanol–water partition coefficient (Wildman–Crippen LogP) is 10.8. The molecule has 1 amide bonds. The highest BCUT2D eigenvalue weighted by Crippen LogP contribution is 2.43. The number of hydrogen-bond donors (Lipinski definition) is 4. The Hall–Kier alpha value is -1.28. The van der Waals surface area contributed by atoms with Crippen LogP contribution in [-0.2, 0) is 18.4 Å². The van der Waals surface area contributed by atoms with Crippen molar-refractivity contribution in [2.75, 3.05) is 19.8 Å². The van der Waals surface area contributed by atoms with Gasteiger partial charge in [-0.15, -0.1) is 0 Å². The molecule has 0 aromatic rings. The van der Waals surface area contributed by atoms with Gasteiger partial charge in [0.25, 0.3) is 0 Å². The zero-order chi connectivity index (χ0) is 36.1. The lowest BCUT2D eigenvalue weighted by Gasteiger charge is -2.23. The zero-order valence-electron chi connectivity index (χ0n) is 31.7. The van der Waals surface area contributed by atoms with Crippen LogP contribution in [0.2, 0.25) is 0 Å². The fraction of sp³-hybridized carbons (Fsp3) is 0.825. The number of aliphatic hydroxyl groups is 1. The molecule has 288 valence electrons. The average Bonchev–Trinajstić information content (AvgIpc) is 3.09. The van der Waals surface area contributed by atoms with Crippen LogP contribution in [0.25, 0.3) is 0 Å². The number of amides is 1. The molecule has 0 bridgehead atoms. The van der Waals surface area contributed by atoms with Gasteiger partial charge in [-0.1, -0.05) is 172 Å². The quantitative estimate of drug-likeness (QED) is 0.0286. The Kier molecular flexibility index (Phi) is 35.6. The van der Waals surface area contributed by atoms with Crippen molar-refractivity contribution in [2.24, 2.45) is 5.73 Å². The third-order valence-electron chi connectivity index (χ3n) is 8.79. The van der Waals surface area contributed by atoms with Crippen LogP contribution in [0.1, 0.15) is 181 Å². The molecule has 3 unspecified atom stereocenters. The Morgan fingerprint density at radius 1 is 0.694 bits per heavy atom. The summed E-state index contributed by atoms with van der Waals surface area (Å²) in [7, 11) is -4.34. The summed E-state index contributed by atoms with van der Waals surface area (Å²) in [5.74, 6) is -0.210. The highest BCUT2D eigenvalue weighted by atomic mass is 31.2. The fourth-order valence-corrected chi connectivity index (χ4v) is 6.52. The summed E-state index contributed by atoms with van der Waals surface area (Å²) in [6.45, 7) is 3.87. The number of carbonyl (C=O) groups is 1. The molecular weight excluding hydrogens is 635 g/mol. The van der Waals surface area contributed by atoms with Crippen molar-refractivity contribution in [3.8, 4) is 0 Å². The minimum absolute atomic E-state index is 0.0721. The van der Waals surface area contributed by atoms with E-state index in [-0.39, 0.29) is 25.7 Å². The summed E-state index contributed by atoms with van der Waals surface area (Å²) in [6, 6.07) is -0.878. The number of nitrogens with two attached hydrogens (primary N) is 1. The average molecular weight is 713 g/mol. The van der Waals surface area contributed by atoms with Crippen LogP contribution >= 0.6 is 7.82 Å². The van der Waals surface area contributed by atoms with Crippen LogP contribution in [0.4, 0.5) is 0 Å². The van der Waals surface area contributed by atoms with E-state index in [0.29, 0.717) is 6.42 Å². The van der Waals surface area contributed by atoms with Gasteiger partial charge in [0.15, 0.2) is 0 Å². The minimum atomic E-state index is -4.34. The highest BCUT2D eigenvalue weighted by molar-refractivity contribution is 7.47. The smallest absolute Gasteiger partial charge is 0.387 e. The van der Waals surface area contributed by atoms with Crippen molar-refractivity contribution >= 4 is 13.7 Å². The number of carbonyl (C=O) groups excluding carboxylic acids is 1. The molecule has 0 rings (SSSR count). The molecule has 0 spiro atoms. The molecular formula is C40H77N2O6P. The van der Waals surface area contributed by atoms with E-state index in [1.54, 1.807) is 6.08 Å². The fourth-order valence-electron chi connectivity index (χ4n) is 5.76. The van der Waals surface area contributed by atoms with E-state index in [2.05, 4.69) is 30.5 Å². The molecule has 0 saturated carbocycles. The molecule has 0 aliphatic heterocycles. The molecule has 0 aliphatic rings. The topological polar surface area (TPSA) is 131 Å². The molecule has 0 heterocycles. The number of rotatable bonds is 37. The van der Waals surface area contributed by atoms with E-state index < -0.39 is 20.0 Å². The van der Waals surface area contributed by atoms with Gasteiger partial charge in [-0.2, -0.15) is 0 Å². The van der Waals surface area contributed by atoms with Crippen molar-refractivity contribution in [3.63, 3.8) is 0 Å². The maximum absolute atomic E-state index is 12.7. The van der Waals surface area contributed by atoms with Crippen molar-refractivity contribution < 1.29 is 28.4 Å². The monoisotopic (exact) mass is 713 g/mol. The predicted molar refractivity (Wildman–Crippen MR) is 208 cm³/mol. The molecule has 0 aliphatic carbocycles. The molecule has 0 aromatic heterocycles. The van der Waals surface area contributed by atoms with Crippen molar-refractivity contribution in [1.82, 2.24) is 5.32 Å². The normalized spacial score (nSPS) is 14.6. The molecule has 49 heavy (non-hydrogen) atoms. The number of allylic oxidation sites excluding steroid dienone is 5. The first-order valence-corrected chi connectivity index (χ1v) is 21.6. The Labute approximate surface area is 301 Å². The number of hydrogen-bond acceptors (Lipinski definition) is 6. The van der Waals surface area contributed by atoms with Crippen molar-refractivity contribution in [1.29, 1.82) is 0 Å². The van der Waals surface area contributed by atoms with E-state index in [0.717, 1.165) is 44.9 Å². The summed E-state index contributed by atoms with van der Waals surface area (Å²) in [5.41, 5.74) is 5.35. The Morgan fingerprint density at radius 2 is 1.12 bits per heavy atom. The molecule has 0 saturated heterocycles. The van der Waals surface area contributed by atoms with Crippen LogP contribution in [0.15, 0.2) is 36.5 Å². The first-order valence-electron chi connectivity index (χ1n) is 20.1. The molecule has 5 N–H and O–H groups in total. The second kappa shape index (κ2) is 36.5. The Bertz CT molecular complexity index is 866. The Balaban J connectivity index is 4.09. The lowest BCUT2D eigenvalue weighted by Crippen LogP contribution is -2.45. The van der Waals surface area contributed by atoms with Crippen molar-refractivity contribution in [3.05, 3.63) is 36.5 Å². The van der Waals surface area contributed by atoms with Gasteiger partial charge in [0, 0.05) is 13.0 Å². The van der Waals surface area contributed by atoms with E-state index in [9.17, 15) is 19.4 Å². The summed E-state index contributed by atoms with van der Waals surface area (Å²) >= 11 is 0. The van der Waals surface area contributed by atoms with Crippen LogP contribution in [0.5, 0.6) is 0 Å². The summed E-state index contributed by atoms with van der Waals surface area (Å²) in [6.07, 6.45) is 42.3.